The van der Waals surface area contributed by atoms with Gasteiger partial charge in [-0.25, -0.2) is 0 Å². The Morgan fingerprint density at radius 2 is 1.52 bits per heavy atom. The van der Waals surface area contributed by atoms with Crippen molar-refractivity contribution in [2.24, 2.45) is 0 Å². The number of nitrogens with one attached hydrogen (secondary N) is 1. The van der Waals surface area contributed by atoms with Crippen LogP contribution in [0.3, 0.4) is 0 Å². The summed E-state index contributed by atoms with van der Waals surface area (Å²) >= 11 is 0. The Morgan fingerprint density at radius 1 is 0.903 bits per heavy atom. The van der Waals surface area contributed by atoms with E-state index in [-0.39, 0.29) is 28.5 Å². The van der Waals surface area contributed by atoms with Crippen molar-refractivity contribution in [3.8, 4) is 5.75 Å². The highest BCUT2D eigenvalue weighted by Crippen LogP contribution is 2.25. The summed E-state index contributed by atoms with van der Waals surface area (Å²) in [7, 11) is -1.67. The first-order chi connectivity index (χ1) is 14.8. The highest BCUT2D eigenvalue weighted by molar-refractivity contribution is 7.84. The van der Waals surface area contributed by atoms with Gasteiger partial charge in [-0.1, -0.05) is 60.7 Å². The molecule has 0 aliphatic heterocycles. The second kappa shape index (κ2) is 10.3. The normalized spacial score (nSPS) is 12.2. The van der Waals surface area contributed by atoms with Gasteiger partial charge in [-0.05, 0) is 29.3 Å². The monoisotopic (exact) mass is 447 g/mol. The van der Waals surface area contributed by atoms with E-state index in [9.17, 15) is 22.2 Å². The minimum absolute atomic E-state index is 0.103. The van der Waals surface area contributed by atoms with Crippen molar-refractivity contribution in [3.05, 3.63) is 95.6 Å². The van der Waals surface area contributed by atoms with Gasteiger partial charge in [-0.15, -0.1) is 0 Å². The predicted molar refractivity (Wildman–Crippen MR) is 112 cm³/mol. The van der Waals surface area contributed by atoms with Crippen LogP contribution >= 0.6 is 0 Å². The van der Waals surface area contributed by atoms with Crippen LogP contribution in [0.1, 0.15) is 21.5 Å². The standard InChI is InChI=1S/C23H20F3NO3S/c24-23(25,26)16-30-19-11-12-20(22(28)27-14-17-7-3-1-4-8-17)21(13-19)31(29)15-18-9-5-2-6-10-18/h1-13H,14-16H2,(H,27,28). The Labute approximate surface area is 180 Å². The molecule has 4 nitrogen and oxygen atoms in total. The van der Waals surface area contributed by atoms with Crippen molar-refractivity contribution in [2.45, 2.75) is 23.4 Å². The molecule has 31 heavy (non-hydrogen) atoms. The van der Waals surface area contributed by atoms with Crippen molar-refractivity contribution in [2.75, 3.05) is 6.61 Å². The van der Waals surface area contributed by atoms with E-state index in [4.69, 9.17) is 4.74 Å². The number of hydrogen-bond donors (Lipinski definition) is 1. The van der Waals surface area contributed by atoms with E-state index >= 15 is 0 Å². The van der Waals surface area contributed by atoms with Crippen LogP contribution in [0, 0.1) is 0 Å². The molecule has 0 spiro atoms. The molecule has 0 bridgehead atoms. The van der Waals surface area contributed by atoms with Gasteiger partial charge in [-0.2, -0.15) is 13.2 Å². The first-order valence-corrected chi connectivity index (χ1v) is 10.7. The third-order valence-electron chi connectivity index (χ3n) is 4.28. The van der Waals surface area contributed by atoms with Crippen molar-refractivity contribution in [1.82, 2.24) is 5.32 Å². The van der Waals surface area contributed by atoms with Gasteiger partial charge in [0.2, 0.25) is 0 Å². The summed E-state index contributed by atoms with van der Waals surface area (Å²) in [5.74, 6) is -0.460. The van der Waals surface area contributed by atoms with Crippen LogP contribution in [0.25, 0.3) is 0 Å². The van der Waals surface area contributed by atoms with Crippen LogP contribution in [0.5, 0.6) is 5.75 Å². The number of amides is 1. The molecule has 3 aromatic rings. The summed E-state index contributed by atoms with van der Waals surface area (Å²) in [6.07, 6.45) is -4.50. The zero-order chi connectivity index (χ0) is 22.3. The van der Waals surface area contributed by atoms with Crippen LogP contribution in [0.4, 0.5) is 13.2 Å². The second-order valence-corrected chi connectivity index (χ2v) is 8.13. The van der Waals surface area contributed by atoms with Gasteiger partial charge in [0.15, 0.2) is 6.61 Å². The highest BCUT2D eigenvalue weighted by Gasteiger charge is 2.28. The average Bonchev–Trinajstić information content (AvgIpc) is 2.77. The van der Waals surface area contributed by atoms with Gasteiger partial charge in [-0.3, -0.25) is 9.00 Å². The minimum atomic E-state index is -4.50. The molecular weight excluding hydrogens is 427 g/mol. The molecule has 0 fully saturated rings. The smallest absolute Gasteiger partial charge is 0.422 e. The fraction of sp³-hybridized carbons (Fsp3) is 0.174. The predicted octanol–water partition coefficient (Wildman–Crippen LogP) is 4.87. The molecule has 8 heteroatoms. The molecule has 0 heterocycles. The largest absolute Gasteiger partial charge is 0.484 e. The first-order valence-electron chi connectivity index (χ1n) is 9.40. The van der Waals surface area contributed by atoms with E-state index in [2.05, 4.69) is 5.32 Å². The third-order valence-corrected chi connectivity index (χ3v) is 5.71. The van der Waals surface area contributed by atoms with Crippen molar-refractivity contribution < 1.29 is 26.9 Å². The molecule has 1 amide bonds. The Balaban J connectivity index is 1.83. The van der Waals surface area contributed by atoms with Gasteiger partial charge in [0.1, 0.15) is 5.75 Å². The molecule has 1 unspecified atom stereocenters. The van der Waals surface area contributed by atoms with Crippen LogP contribution in [-0.2, 0) is 23.1 Å². The lowest BCUT2D eigenvalue weighted by molar-refractivity contribution is -0.153. The molecule has 162 valence electrons. The summed E-state index contributed by atoms with van der Waals surface area (Å²) in [4.78, 5) is 12.9. The molecule has 0 radical (unpaired) electrons. The summed E-state index contributed by atoms with van der Waals surface area (Å²) in [6.45, 7) is -1.21. The maximum atomic E-state index is 13.0. The maximum absolute atomic E-state index is 13.0. The fourth-order valence-corrected chi connectivity index (χ4v) is 4.11. The average molecular weight is 447 g/mol. The Morgan fingerprint density at radius 3 is 2.13 bits per heavy atom. The SMILES string of the molecule is O=C(NCc1ccccc1)c1ccc(OCC(F)(F)F)cc1S(=O)Cc1ccccc1. The number of benzene rings is 3. The Hall–Kier alpha value is -3.13. The number of ether oxygens (including phenoxy) is 1. The molecule has 0 aromatic heterocycles. The van der Waals surface area contributed by atoms with E-state index in [1.54, 1.807) is 24.3 Å². The number of carbonyl (C=O) groups excluding carboxylic acids is 1. The van der Waals surface area contributed by atoms with Crippen molar-refractivity contribution in [1.29, 1.82) is 0 Å². The van der Waals surface area contributed by atoms with Gasteiger partial charge in [0.25, 0.3) is 5.91 Å². The van der Waals surface area contributed by atoms with Crippen LogP contribution in [-0.4, -0.2) is 22.9 Å². The van der Waals surface area contributed by atoms with E-state index < -0.39 is 29.5 Å². The third kappa shape index (κ3) is 6.96. The van der Waals surface area contributed by atoms with Gasteiger partial charge in [0, 0.05) is 6.54 Å². The molecule has 3 rings (SSSR count). The van der Waals surface area contributed by atoms with E-state index in [0.29, 0.717) is 0 Å². The second-order valence-electron chi connectivity index (χ2n) is 6.71. The fourth-order valence-electron chi connectivity index (χ4n) is 2.81. The lowest BCUT2D eigenvalue weighted by Gasteiger charge is -2.14. The van der Waals surface area contributed by atoms with Crippen LogP contribution in [0.15, 0.2) is 83.8 Å². The highest BCUT2D eigenvalue weighted by atomic mass is 32.2. The molecule has 0 aliphatic rings. The molecule has 0 saturated carbocycles. The number of alkyl halides is 3. The molecule has 1 N–H and O–H groups in total. The zero-order valence-electron chi connectivity index (χ0n) is 16.4. The first kappa shape index (κ1) is 22.6. The van der Waals surface area contributed by atoms with Gasteiger partial charge >= 0.3 is 6.18 Å². The van der Waals surface area contributed by atoms with Gasteiger partial charge < -0.3 is 10.1 Å². The van der Waals surface area contributed by atoms with Crippen LogP contribution < -0.4 is 10.1 Å². The Bertz CT molecular complexity index is 1040. The van der Waals surface area contributed by atoms with E-state index in [0.717, 1.165) is 11.1 Å². The summed E-state index contributed by atoms with van der Waals surface area (Å²) in [5, 5.41) is 2.76. The number of rotatable bonds is 8. The number of carbonyl (C=O) groups is 1. The minimum Gasteiger partial charge on any atom is -0.484 e. The molecular formula is C23H20F3NO3S. The Kier molecular flexibility index (Phi) is 7.46. The lowest BCUT2D eigenvalue weighted by atomic mass is 10.2. The molecule has 0 aliphatic carbocycles. The van der Waals surface area contributed by atoms with E-state index in [1.165, 1.54) is 18.2 Å². The summed E-state index contributed by atoms with van der Waals surface area (Å²) < 4.78 is 55.3. The topological polar surface area (TPSA) is 55.4 Å². The summed E-state index contributed by atoms with van der Waals surface area (Å²) in [6, 6.07) is 22.1. The molecule has 1 atom stereocenters. The maximum Gasteiger partial charge on any atom is 0.422 e. The van der Waals surface area contributed by atoms with E-state index in [1.807, 2.05) is 36.4 Å². The number of halogens is 3. The van der Waals surface area contributed by atoms with Crippen LogP contribution in [0.2, 0.25) is 0 Å². The summed E-state index contributed by atoms with van der Waals surface area (Å²) in [5.41, 5.74) is 1.79. The van der Waals surface area contributed by atoms with Crippen molar-refractivity contribution >= 4 is 16.7 Å². The van der Waals surface area contributed by atoms with Crippen molar-refractivity contribution in [3.63, 3.8) is 0 Å². The lowest BCUT2D eigenvalue weighted by Crippen LogP contribution is -2.24. The molecule has 0 saturated heterocycles. The number of hydrogen-bond acceptors (Lipinski definition) is 3. The zero-order valence-corrected chi connectivity index (χ0v) is 17.2. The molecule has 3 aromatic carbocycles. The quantitative estimate of drug-likeness (QED) is 0.536. The van der Waals surface area contributed by atoms with Gasteiger partial charge in [0.05, 0.1) is 27.0 Å².